The number of hydrogen-bond acceptors (Lipinski definition) is 7. The van der Waals surface area contributed by atoms with Crippen molar-refractivity contribution >= 4 is 29.1 Å². The number of carbonyl (C=O) groups excluding carboxylic acids is 1. The summed E-state index contributed by atoms with van der Waals surface area (Å²) < 4.78 is 24.7. The predicted molar refractivity (Wildman–Crippen MR) is 124 cm³/mol. The van der Waals surface area contributed by atoms with Gasteiger partial charge >= 0.3 is 12.1 Å². The molecule has 1 atom stereocenters. The van der Waals surface area contributed by atoms with Gasteiger partial charge in [0, 0.05) is 16.5 Å². The Morgan fingerprint density at radius 3 is 2.79 bits per heavy atom. The monoisotopic (exact) mass is 481 g/mol. The normalized spacial score (nSPS) is 11.7. The highest BCUT2D eigenvalue weighted by molar-refractivity contribution is 7.13. The highest BCUT2D eigenvalue weighted by Gasteiger charge is 2.22. The van der Waals surface area contributed by atoms with Crippen molar-refractivity contribution in [1.82, 2.24) is 10.1 Å². The molecule has 0 aliphatic rings. The number of rotatable bonds is 7. The standard InChI is InChI=1S/C24H20FN3O5S/c1-13-21(27-24(31)32-14(2)17-8-3-4-9-18(17)25)22(33-28-13)19-12-34-23(26-19)16-7-5-6-15(10-16)11-20(29)30/h3-10,12,14H,11H2,1-2H3,(H,27,31)(H,29,30). The summed E-state index contributed by atoms with van der Waals surface area (Å²) >= 11 is 1.34. The maximum Gasteiger partial charge on any atom is 0.412 e. The Morgan fingerprint density at radius 1 is 1.24 bits per heavy atom. The first kappa shape index (κ1) is 23.1. The van der Waals surface area contributed by atoms with Gasteiger partial charge in [-0.15, -0.1) is 11.3 Å². The second kappa shape index (κ2) is 9.84. The van der Waals surface area contributed by atoms with Crippen molar-refractivity contribution < 1.29 is 28.3 Å². The number of benzene rings is 2. The van der Waals surface area contributed by atoms with Crippen molar-refractivity contribution in [2.24, 2.45) is 0 Å². The molecule has 0 saturated carbocycles. The summed E-state index contributed by atoms with van der Waals surface area (Å²) in [6, 6.07) is 13.2. The maximum absolute atomic E-state index is 14.0. The third kappa shape index (κ3) is 5.12. The zero-order valence-electron chi connectivity index (χ0n) is 18.2. The van der Waals surface area contributed by atoms with E-state index in [1.807, 2.05) is 6.07 Å². The van der Waals surface area contributed by atoms with E-state index in [0.29, 0.717) is 27.6 Å². The zero-order chi connectivity index (χ0) is 24.2. The summed E-state index contributed by atoms with van der Waals surface area (Å²) in [7, 11) is 0. The number of thiazole rings is 1. The Hall–Kier alpha value is -4.05. The van der Waals surface area contributed by atoms with Gasteiger partial charge in [-0.25, -0.2) is 14.2 Å². The minimum absolute atomic E-state index is 0.0884. The Balaban J connectivity index is 1.52. The number of halogens is 1. The van der Waals surface area contributed by atoms with Crippen LogP contribution in [0.1, 0.15) is 29.8 Å². The van der Waals surface area contributed by atoms with Crippen LogP contribution in [-0.4, -0.2) is 27.3 Å². The number of hydrogen-bond donors (Lipinski definition) is 2. The van der Waals surface area contributed by atoms with E-state index in [4.69, 9.17) is 14.4 Å². The lowest BCUT2D eigenvalue weighted by atomic mass is 10.1. The Kier molecular flexibility index (Phi) is 6.69. The third-order valence-electron chi connectivity index (χ3n) is 4.98. The summed E-state index contributed by atoms with van der Waals surface area (Å²) in [5, 5.41) is 18.0. The second-order valence-corrected chi connectivity index (χ2v) is 8.33. The predicted octanol–water partition coefficient (Wildman–Crippen LogP) is 5.85. The van der Waals surface area contributed by atoms with Gasteiger partial charge in [0.25, 0.3) is 0 Å². The van der Waals surface area contributed by atoms with E-state index in [-0.39, 0.29) is 17.7 Å². The molecular formula is C24H20FN3O5S. The Labute approximate surface area is 198 Å². The molecule has 2 aromatic carbocycles. The first-order valence-electron chi connectivity index (χ1n) is 10.3. The molecule has 0 saturated heterocycles. The van der Waals surface area contributed by atoms with Gasteiger partial charge in [-0.2, -0.15) is 0 Å². The molecule has 10 heteroatoms. The van der Waals surface area contributed by atoms with Crippen molar-refractivity contribution in [3.8, 4) is 22.0 Å². The third-order valence-corrected chi connectivity index (χ3v) is 5.87. The lowest BCUT2D eigenvalue weighted by Gasteiger charge is -2.14. The van der Waals surface area contributed by atoms with Crippen LogP contribution >= 0.6 is 11.3 Å². The van der Waals surface area contributed by atoms with Gasteiger partial charge in [0.15, 0.2) is 0 Å². The number of carboxylic acid groups (broad SMARTS) is 1. The summed E-state index contributed by atoms with van der Waals surface area (Å²) in [6.45, 7) is 3.23. The van der Waals surface area contributed by atoms with Crippen LogP contribution in [0.15, 0.2) is 58.4 Å². The molecule has 1 amide bonds. The van der Waals surface area contributed by atoms with Crippen LogP contribution in [0.25, 0.3) is 22.0 Å². The molecular weight excluding hydrogens is 461 g/mol. The molecule has 1 unspecified atom stereocenters. The van der Waals surface area contributed by atoms with E-state index in [1.165, 1.54) is 17.4 Å². The van der Waals surface area contributed by atoms with Crippen molar-refractivity contribution in [2.75, 3.05) is 5.32 Å². The smallest absolute Gasteiger partial charge is 0.412 e. The molecule has 2 aromatic heterocycles. The number of nitrogens with one attached hydrogen (secondary N) is 1. The number of anilines is 1. The molecule has 0 fully saturated rings. The summed E-state index contributed by atoms with van der Waals surface area (Å²) in [5.74, 6) is -1.13. The van der Waals surface area contributed by atoms with Crippen LogP contribution in [0.3, 0.4) is 0 Å². The number of carboxylic acids is 1. The first-order chi connectivity index (χ1) is 16.3. The number of ether oxygens (including phenoxy) is 1. The zero-order valence-corrected chi connectivity index (χ0v) is 19.1. The Bertz CT molecular complexity index is 1350. The maximum atomic E-state index is 14.0. The number of carbonyl (C=O) groups is 2. The minimum atomic E-state index is -0.916. The molecule has 34 heavy (non-hydrogen) atoms. The van der Waals surface area contributed by atoms with Crippen molar-refractivity contribution in [1.29, 1.82) is 0 Å². The molecule has 4 rings (SSSR count). The topological polar surface area (TPSA) is 115 Å². The fraction of sp³-hybridized carbons (Fsp3) is 0.167. The molecule has 0 aliphatic heterocycles. The van der Waals surface area contributed by atoms with Crippen LogP contribution in [0.2, 0.25) is 0 Å². The lowest BCUT2D eigenvalue weighted by molar-refractivity contribution is -0.136. The van der Waals surface area contributed by atoms with Crippen molar-refractivity contribution in [3.05, 3.63) is 76.5 Å². The van der Waals surface area contributed by atoms with Crippen LogP contribution in [-0.2, 0) is 16.0 Å². The van der Waals surface area contributed by atoms with Gasteiger partial charge in [0.1, 0.15) is 34.0 Å². The molecule has 2 heterocycles. The molecule has 0 bridgehead atoms. The van der Waals surface area contributed by atoms with E-state index in [1.54, 1.807) is 55.6 Å². The molecule has 0 radical (unpaired) electrons. The van der Waals surface area contributed by atoms with E-state index in [9.17, 15) is 14.0 Å². The van der Waals surface area contributed by atoms with E-state index < -0.39 is 24.0 Å². The van der Waals surface area contributed by atoms with Gasteiger partial charge in [-0.3, -0.25) is 10.1 Å². The number of amides is 1. The summed E-state index contributed by atoms with van der Waals surface area (Å²) in [6.07, 6.45) is -1.69. The van der Waals surface area contributed by atoms with Gasteiger partial charge in [-0.05, 0) is 31.5 Å². The molecule has 2 N–H and O–H groups in total. The molecule has 174 valence electrons. The van der Waals surface area contributed by atoms with E-state index >= 15 is 0 Å². The average Bonchev–Trinajstić information content (AvgIpc) is 3.41. The van der Waals surface area contributed by atoms with E-state index in [2.05, 4.69) is 15.5 Å². The number of aromatic nitrogens is 2. The summed E-state index contributed by atoms with van der Waals surface area (Å²) in [4.78, 5) is 28.1. The van der Waals surface area contributed by atoms with Crippen LogP contribution < -0.4 is 5.32 Å². The van der Waals surface area contributed by atoms with Crippen molar-refractivity contribution in [2.45, 2.75) is 26.4 Å². The molecule has 8 nitrogen and oxygen atoms in total. The number of aryl methyl sites for hydroxylation is 1. The van der Waals surface area contributed by atoms with Gasteiger partial charge < -0.3 is 14.4 Å². The van der Waals surface area contributed by atoms with Crippen molar-refractivity contribution in [3.63, 3.8) is 0 Å². The molecule has 0 spiro atoms. The first-order valence-corrected chi connectivity index (χ1v) is 11.1. The van der Waals surface area contributed by atoms with Crippen LogP contribution in [0.5, 0.6) is 0 Å². The van der Waals surface area contributed by atoms with Gasteiger partial charge in [0.05, 0.1) is 6.42 Å². The van der Waals surface area contributed by atoms with Crippen LogP contribution in [0, 0.1) is 12.7 Å². The van der Waals surface area contributed by atoms with Gasteiger partial charge in [-0.1, -0.05) is 41.6 Å². The minimum Gasteiger partial charge on any atom is -0.481 e. The molecule has 0 aliphatic carbocycles. The SMILES string of the molecule is Cc1noc(-c2csc(-c3cccc(CC(=O)O)c3)n2)c1NC(=O)OC(C)c1ccccc1F. The fourth-order valence-corrected chi connectivity index (χ4v) is 4.15. The number of aliphatic carboxylic acids is 1. The lowest BCUT2D eigenvalue weighted by Crippen LogP contribution is -2.17. The fourth-order valence-electron chi connectivity index (χ4n) is 3.35. The second-order valence-electron chi connectivity index (χ2n) is 7.47. The Morgan fingerprint density at radius 2 is 2.03 bits per heavy atom. The quantitative estimate of drug-likeness (QED) is 0.340. The largest absolute Gasteiger partial charge is 0.481 e. The van der Waals surface area contributed by atoms with Crippen LogP contribution in [0.4, 0.5) is 14.9 Å². The highest BCUT2D eigenvalue weighted by Crippen LogP contribution is 2.35. The highest BCUT2D eigenvalue weighted by atomic mass is 32.1. The van der Waals surface area contributed by atoms with E-state index in [0.717, 1.165) is 5.56 Å². The number of nitrogens with zero attached hydrogens (tertiary/aromatic N) is 2. The summed E-state index contributed by atoms with van der Waals surface area (Å²) in [5.41, 5.74) is 2.84. The average molecular weight is 482 g/mol. The van der Waals surface area contributed by atoms with Gasteiger partial charge in [0.2, 0.25) is 5.76 Å². The molecule has 4 aromatic rings.